The van der Waals surface area contributed by atoms with Crippen LogP contribution in [-0.4, -0.2) is 15.3 Å². The number of hydrogen-bond donors (Lipinski definition) is 1. The van der Waals surface area contributed by atoms with Gasteiger partial charge < -0.3 is 5.11 Å². The normalized spacial score (nSPS) is 12.4. The van der Waals surface area contributed by atoms with Gasteiger partial charge in [-0.15, -0.1) is 0 Å². The molecule has 0 aliphatic heterocycles. The summed E-state index contributed by atoms with van der Waals surface area (Å²) in [6, 6.07) is 9.95. The molecule has 1 N–H and O–H groups in total. The Balaban J connectivity index is 2.08. The third-order valence-corrected chi connectivity index (χ3v) is 2.54. The molecule has 0 spiro atoms. The maximum atomic E-state index is 9.98. The van der Waals surface area contributed by atoms with Crippen LogP contribution in [0.25, 0.3) is 0 Å². The van der Waals surface area contributed by atoms with Crippen molar-refractivity contribution in [2.75, 3.05) is 0 Å². The molecule has 0 aliphatic rings. The van der Waals surface area contributed by atoms with E-state index in [9.17, 15) is 5.11 Å². The Bertz CT molecular complexity index is 439. The summed E-state index contributed by atoms with van der Waals surface area (Å²) in [6.45, 7) is 2.05. The molecule has 0 amide bonds. The number of nitrogens with zero attached hydrogens (tertiary/aromatic N) is 2. The van der Waals surface area contributed by atoms with Crippen molar-refractivity contribution in [2.24, 2.45) is 0 Å². The van der Waals surface area contributed by atoms with Crippen LogP contribution in [0.1, 0.15) is 22.8 Å². The average Bonchev–Trinajstić information content (AvgIpc) is 2.33. The Hall–Kier alpha value is -1.74. The highest BCUT2D eigenvalue weighted by Crippen LogP contribution is 2.16. The first-order chi connectivity index (χ1) is 7.75. The molecule has 1 aromatic heterocycles. The quantitative estimate of drug-likeness (QED) is 0.850. The van der Waals surface area contributed by atoms with Crippen molar-refractivity contribution < 1.29 is 5.11 Å². The largest absolute Gasteiger partial charge is 0.388 e. The molecule has 0 radical (unpaired) electrons. The zero-order valence-corrected chi connectivity index (χ0v) is 9.17. The van der Waals surface area contributed by atoms with Gasteiger partial charge in [0.05, 0.1) is 12.3 Å². The molecule has 1 heterocycles. The van der Waals surface area contributed by atoms with Crippen LogP contribution in [0.3, 0.4) is 0 Å². The summed E-state index contributed by atoms with van der Waals surface area (Å²) in [6.07, 6.45) is 3.27. The standard InChI is InChI=1S/C13H14N2O/c1-10-2-4-11(5-3-10)8-13(16)12-6-7-14-15-9-12/h2-7,9,13,16H,8H2,1H3. The molecule has 0 saturated carbocycles. The minimum atomic E-state index is -0.516. The SMILES string of the molecule is Cc1ccc(CC(O)c2ccnnc2)cc1. The zero-order chi connectivity index (χ0) is 11.4. The Kier molecular flexibility index (Phi) is 3.27. The zero-order valence-electron chi connectivity index (χ0n) is 9.17. The van der Waals surface area contributed by atoms with Gasteiger partial charge in [0.1, 0.15) is 0 Å². The van der Waals surface area contributed by atoms with Gasteiger partial charge in [0.15, 0.2) is 0 Å². The fourth-order valence-corrected chi connectivity index (χ4v) is 1.56. The van der Waals surface area contributed by atoms with Crippen molar-refractivity contribution in [1.82, 2.24) is 10.2 Å². The van der Waals surface area contributed by atoms with Crippen molar-refractivity contribution in [1.29, 1.82) is 0 Å². The van der Waals surface area contributed by atoms with Crippen molar-refractivity contribution in [2.45, 2.75) is 19.4 Å². The van der Waals surface area contributed by atoms with Gasteiger partial charge in [0.25, 0.3) is 0 Å². The van der Waals surface area contributed by atoms with E-state index in [1.54, 1.807) is 18.5 Å². The number of aromatic nitrogens is 2. The van der Waals surface area contributed by atoms with E-state index in [4.69, 9.17) is 0 Å². The van der Waals surface area contributed by atoms with E-state index in [0.717, 1.165) is 11.1 Å². The van der Waals surface area contributed by atoms with Gasteiger partial charge >= 0.3 is 0 Å². The Labute approximate surface area is 94.8 Å². The summed E-state index contributed by atoms with van der Waals surface area (Å²) in [5.74, 6) is 0. The summed E-state index contributed by atoms with van der Waals surface area (Å²) in [4.78, 5) is 0. The van der Waals surface area contributed by atoms with Gasteiger partial charge in [-0.25, -0.2) is 0 Å². The van der Waals surface area contributed by atoms with E-state index in [1.165, 1.54) is 5.56 Å². The summed E-state index contributed by atoms with van der Waals surface area (Å²) >= 11 is 0. The molecule has 82 valence electrons. The van der Waals surface area contributed by atoms with Gasteiger partial charge in [0, 0.05) is 18.2 Å². The number of benzene rings is 1. The van der Waals surface area contributed by atoms with Gasteiger partial charge in [-0.05, 0) is 18.6 Å². The molecule has 3 nitrogen and oxygen atoms in total. The van der Waals surface area contributed by atoms with E-state index in [1.807, 2.05) is 31.2 Å². The second-order valence-electron chi connectivity index (χ2n) is 3.88. The fraction of sp³-hybridized carbons (Fsp3) is 0.231. The highest BCUT2D eigenvalue weighted by atomic mass is 16.3. The first kappa shape index (κ1) is 10.8. The van der Waals surface area contributed by atoms with Crippen LogP contribution >= 0.6 is 0 Å². The minimum Gasteiger partial charge on any atom is -0.388 e. The molecule has 16 heavy (non-hydrogen) atoms. The fourth-order valence-electron chi connectivity index (χ4n) is 1.56. The van der Waals surface area contributed by atoms with Crippen LogP contribution in [0.4, 0.5) is 0 Å². The van der Waals surface area contributed by atoms with Crippen molar-refractivity contribution in [3.05, 3.63) is 59.4 Å². The number of aliphatic hydroxyl groups is 1. The van der Waals surface area contributed by atoms with Crippen molar-refractivity contribution in [3.63, 3.8) is 0 Å². The van der Waals surface area contributed by atoms with Crippen molar-refractivity contribution in [3.8, 4) is 0 Å². The van der Waals surface area contributed by atoms with Gasteiger partial charge in [-0.1, -0.05) is 29.8 Å². The van der Waals surface area contributed by atoms with Crippen LogP contribution in [0.5, 0.6) is 0 Å². The first-order valence-corrected chi connectivity index (χ1v) is 5.26. The smallest absolute Gasteiger partial charge is 0.0846 e. The molecule has 0 aliphatic carbocycles. The first-order valence-electron chi connectivity index (χ1n) is 5.26. The van der Waals surface area contributed by atoms with E-state index in [-0.39, 0.29) is 0 Å². The van der Waals surface area contributed by atoms with E-state index < -0.39 is 6.10 Å². The molecule has 2 rings (SSSR count). The minimum absolute atomic E-state index is 0.516. The molecule has 1 atom stereocenters. The predicted octanol–water partition coefficient (Wildman–Crippen LogP) is 2.06. The molecule has 2 aromatic rings. The van der Waals surface area contributed by atoms with E-state index in [0.29, 0.717) is 6.42 Å². The van der Waals surface area contributed by atoms with Crippen LogP contribution in [0.2, 0.25) is 0 Å². The third-order valence-electron chi connectivity index (χ3n) is 2.54. The molecule has 1 aromatic carbocycles. The molecule has 3 heteroatoms. The molecule has 0 fully saturated rings. The number of aryl methyl sites for hydroxylation is 1. The average molecular weight is 214 g/mol. The molecular formula is C13H14N2O. The maximum absolute atomic E-state index is 9.98. The summed E-state index contributed by atoms with van der Waals surface area (Å²) in [7, 11) is 0. The highest BCUT2D eigenvalue weighted by molar-refractivity contribution is 5.23. The lowest BCUT2D eigenvalue weighted by molar-refractivity contribution is 0.178. The van der Waals surface area contributed by atoms with Gasteiger partial charge in [-0.2, -0.15) is 10.2 Å². The number of hydrogen-bond acceptors (Lipinski definition) is 3. The molecule has 0 saturated heterocycles. The second kappa shape index (κ2) is 4.86. The highest BCUT2D eigenvalue weighted by Gasteiger charge is 2.08. The summed E-state index contributed by atoms with van der Waals surface area (Å²) in [5.41, 5.74) is 3.15. The van der Waals surface area contributed by atoms with Crippen LogP contribution in [0.15, 0.2) is 42.7 Å². The number of aliphatic hydroxyl groups excluding tert-OH is 1. The van der Waals surface area contributed by atoms with Crippen LogP contribution in [0, 0.1) is 6.92 Å². The maximum Gasteiger partial charge on any atom is 0.0846 e. The molecule has 1 unspecified atom stereocenters. The number of rotatable bonds is 3. The lowest BCUT2D eigenvalue weighted by atomic mass is 10.0. The summed E-state index contributed by atoms with van der Waals surface area (Å²) in [5, 5.41) is 17.4. The van der Waals surface area contributed by atoms with E-state index >= 15 is 0 Å². The monoisotopic (exact) mass is 214 g/mol. The lowest BCUT2D eigenvalue weighted by Gasteiger charge is -2.10. The van der Waals surface area contributed by atoms with Gasteiger partial charge in [0.2, 0.25) is 0 Å². The Morgan fingerprint density at radius 3 is 2.50 bits per heavy atom. The molecule has 0 bridgehead atoms. The molecular weight excluding hydrogens is 200 g/mol. The summed E-state index contributed by atoms with van der Waals surface area (Å²) < 4.78 is 0. The van der Waals surface area contributed by atoms with E-state index in [2.05, 4.69) is 10.2 Å². The van der Waals surface area contributed by atoms with Gasteiger partial charge in [-0.3, -0.25) is 0 Å². The topological polar surface area (TPSA) is 46.0 Å². The van der Waals surface area contributed by atoms with Crippen LogP contribution < -0.4 is 0 Å². The third kappa shape index (κ3) is 2.64. The predicted molar refractivity (Wildman–Crippen MR) is 61.9 cm³/mol. The Morgan fingerprint density at radius 2 is 1.88 bits per heavy atom. The second-order valence-corrected chi connectivity index (χ2v) is 3.88. The Morgan fingerprint density at radius 1 is 1.12 bits per heavy atom. The lowest BCUT2D eigenvalue weighted by Crippen LogP contribution is -2.02. The van der Waals surface area contributed by atoms with Crippen LogP contribution in [-0.2, 0) is 6.42 Å². The van der Waals surface area contributed by atoms with Crippen molar-refractivity contribution >= 4 is 0 Å².